The molecule has 1 aromatic carbocycles. The van der Waals surface area contributed by atoms with E-state index in [2.05, 4.69) is 33.3 Å². The van der Waals surface area contributed by atoms with E-state index in [4.69, 9.17) is 18.0 Å². The van der Waals surface area contributed by atoms with Crippen molar-refractivity contribution < 1.29 is 0 Å². The Morgan fingerprint density at radius 3 is 2.90 bits per heavy atom. The first-order valence-electron chi connectivity index (χ1n) is 6.36. The van der Waals surface area contributed by atoms with Gasteiger partial charge in [-0.25, -0.2) is 0 Å². The molecule has 0 atom stereocenters. The molecule has 0 unspecified atom stereocenters. The van der Waals surface area contributed by atoms with E-state index in [9.17, 15) is 0 Å². The maximum absolute atomic E-state index is 5.79. The molecular formula is C14H17BrN4S. The van der Waals surface area contributed by atoms with Gasteiger partial charge in [0.1, 0.15) is 4.99 Å². The fourth-order valence-corrected chi connectivity index (χ4v) is 3.07. The van der Waals surface area contributed by atoms with Crippen LogP contribution in [0.4, 0.5) is 5.69 Å². The van der Waals surface area contributed by atoms with Crippen LogP contribution in [0.1, 0.15) is 23.7 Å². The molecule has 0 aliphatic heterocycles. The van der Waals surface area contributed by atoms with Crippen molar-refractivity contribution in [2.24, 2.45) is 12.8 Å². The molecule has 0 radical (unpaired) electrons. The van der Waals surface area contributed by atoms with Gasteiger partial charge in [0.15, 0.2) is 0 Å². The van der Waals surface area contributed by atoms with Crippen molar-refractivity contribution in [1.29, 1.82) is 0 Å². The summed E-state index contributed by atoms with van der Waals surface area (Å²) in [5.41, 5.74) is 9.84. The Bertz CT molecular complexity index is 636. The minimum atomic E-state index is 0.377. The van der Waals surface area contributed by atoms with E-state index in [0.29, 0.717) is 11.5 Å². The Morgan fingerprint density at radius 2 is 2.25 bits per heavy atom. The van der Waals surface area contributed by atoms with Gasteiger partial charge in [0.25, 0.3) is 0 Å². The second-order valence-electron chi connectivity index (χ2n) is 4.51. The molecule has 0 bridgehead atoms. The number of aromatic nitrogens is 2. The minimum absolute atomic E-state index is 0.377. The fraction of sp³-hybridized carbons (Fsp3) is 0.286. The summed E-state index contributed by atoms with van der Waals surface area (Å²) >= 11 is 8.59. The number of rotatable bonds is 5. The third-order valence-electron chi connectivity index (χ3n) is 3.06. The normalized spacial score (nSPS) is 10.6. The number of nitrogens with one attached hydrogen (secondary N) is 1. The number of thiocarbonyl (C=S) groups is 1. The lowest BCUT2D eigenvalue weighted by atomic mass is 10.1. The van der Waals surface area contributed by atoms with Crippen LogP contribution in [-0.4, -0.2) is 14.8 Å². The quantitative estimate of drug-likeness (QED) is 0.812. The summed E-state index contributed by atoms with van der Waals surface area (Å²) in [6.07, 6.45) is 2.95. The van der Waals surface area contributed by atoms with E-state index in [-0.39, 0.29) is 0 Å². The molecule has 1 heterocycles. The zero-order chi connectivity index (χ0) is 14.7. The Kier molecular flexibility index (Phi) is 4.77. The lowest BCUT2D eigenvalue weighted by Gasteiger charge is -2.12. The Morgan fingerprint density at radius 1 is 1.50 bits per heavy atom. The number of nitrogens with two attached hydrogens (primary N) is 1. The molecule has 4 nitrogen and oxygen atoms in total. The summed E-state index contributed by atoms with van der Waals surface area (Å²) in [7, 11) is 1.93. The van der Waals surface area contributed by atoms with Crippen LogP contribution < -0.4 is 11.1 Å². The summed E-state index contributed by atoms with van der Waals surface area (Å²) in [5, 5.41) is 7.82. The lowest BCUT2D eigenvalue weighted by Crippen LogP contribution is -2.14. The molecule has 2 aromatic rings. The van der Waals surface area contributed by atoms with E-state index < -0.39 is 0 Å². The van der Waals surface area contributed by atoms with Crippen LogP contribution in [0.15, 0.2) is 28.9 Å². The number of benzene rings is 1. The number of anilines is 1. The summed E-state index contributed by atoms with van der Waals surface area (Å²) in [4.78, 5) is 0.377. The molecule has 0 spiro atoms. The lowest BCUT2D eigenvalue weighted by molar-refractivity contribution is 0.746. The molecule has 0 aliphatic rings. The zero-order valence-electron chi connectivity index (χ0n) is 11.5. The van der Waals surface area contributed by atoms with Crippen molar-refractivity contribution in [1.82, 2.24) is 9.78 Å². The monoisotopic (exact) mass is 352 g/mol. The molecular weight excluding hydrogens is 336 g/mol. The first-order valence-corrected chi connectivity index (χ1v) is 7.56. The van der Waals surface area contributed by atoms with Gasteiger partial charge in [-0.05, 0) is 34.5 Å². The van der Waals surface area contributed by atoms with Gasteiger partial charge in [-0.2, -0.15) is 5.10 Å². The van der Waals surface area contributed by atoms with E-state index in [0.717, 1.165) is 27.8 Å². The Labute approximate surface area is 132 Å². The molecule has 3 N–H and O–H groups in total. The van der Waals surface area contributed by atoms with Crippen LogP contribution in [-0.2, 0) is 20.0 Å². The molecule has 0 amide bonds. The van der Waals surface area contributed by atoms with Gasteiger partial charge in [-0.1, -0.05) is 25.2 Å². The number of hydrogen-bond donors (Lipinski definition) is 2. The summed E-state index contributed by atoms with van der Waals surface area (Å²) < 4.78 is 2.74. The van der Waals surface area contributed by atoms with Crippen LogP contribution in [0.25, 0.3) is 0 Å². The molecule has 1 aromatic heterocycles. The summed E-state index contributed by atoms with van der Waals surface area (Å²) in [6.45, 7) is 2.80. The van der Waals surface area contributed by atoms with Gasteiger partial charge in [-0.15, -0.1) is 0 Å². The van der Waals surface area contributed by atoms with Gasteiger partial charge in [0.05, 0.1) is 5.69 Å². The van der Waals surface area contributed by atoms with Crippen molar-refractivity contribution in [3.63, 3.8) is 0 Å². The van der Waals surface area contributed by atoms with Crippen LogP contribution >= 0.6 is 28.1 Å². The van der Waals surface area contributed by atoms with Gasteiger partial charge in [0, 0.05) is 41.1 Å². The average molecular weight is 353 g/mol. The van der Waals surface area contributed by atoms with Crippen molar-refractivity contribution in [2.75, 3.05) is 5.32 Å². The highest BCUT2D eigenvalue weighted by Crippen LogP contribution is 2.25. The van der Waals surface area contributed by atoms with Crippen LogP contribution in [0.3, 0.4) is 0 Å². The number of nitrogens with zero attached hydrogens (tertiary/aromatic N) is 2. The topological polar surface area (TPSA) is 55.9 Å². The summed E-state index contributed by atoms with van der Waals surface area (Å²) in [5.74, 6) is 0. The van der Waals surface area contributed by atoms with Crippen molar-refractivity contribution in [2.45, 2.75) is 19.9 Å². The maximum Gasteiger partial charge on any atom is 0.107 e. The highest BCUT2D eigenvalue weighted by molar-refractivity contribution is 9.10. The van der Waals surface area contributed by atoms with E-state index >= 15 is 0 Å². The standard InChI is InChI=1S/C14H17BrN4S/c1-3-11-9(8-19(2)18-11)7-17-12-6-4-5-10(15)13(12)14(16)20/h4-6,8,17H,3,7H2,1-2H3,(H2,16,20). The number of hydrogen-bond acceptors (Lipinski definition) is 3. The molecule has 20 heavy (non-hydrogen) atoms. The van der Waals surface area contributed by atoms with Crippen LogP contribution in [0.2, 0.25) is 0 Å². The highest BCUT2D eigenvalue weighted by atomic mass is 79.9. The molecule has 0 saturated heterocycles. The van der Waals surface area contributed by atoms with Gasteiger partial charge < -0.3 is 11.1 Å². The third-order valence-corrected chi connectivity index (χ3v) is 3.92. The molecule has 0 fully saturated rings. The molecule has 2 rings (SSSR count). The van der Waals surface area contributed by atoms with E-state index in [1.165, 1.54) is 5.56 Å². The SMILES string of the molecule is CCc1nn(C)cc1CNc1cccc(Br)c1C(N)=S. The van der Waals surface area contributed by atoms with Crippen molar-refractivity contribution >= 4 is 38.8 Å². The molecule has 0 saturated carbocycles. The molecule has 106 valence electrons. The fourth-order valence-electron chi connectivity index (χ4n) is 2.14. The smallest absolute Gasteiger partial charge is 0.107 e. The van der Waals surface area contributed by atoms with Crippen LogP contribution in [0.5, 0.6) is 0 Å². The zero-order valence-corrected chi connectivity index (χ0v) is 13.9. The van der Waals surface area contributed by atoms with Crippen molar-refractivity contribution in [3.8, 4) is 0 Å². The maximum atomic E-state index is 5.79. The Hall–Kier alpha value is -1.40. The third kappa shape index (κ3) is 3.19. The van der Waals surface area contributed by atoms with E-state index in [1.54, 1.807) is 0 Å². The van der Waals surface area contributed by atoms with Crippen molar-refractivity contribution in [3.05, 3.63) is 45.7 Å². The van der Waals surface area contributed by atoms with Gasteiger partial charge in [-0.3, -0.25) is 4.68 Å². The molecule has 6 heteroatoms. The first-order chi connectivity index (χ1) is 9.52. The largest absolute Gasteiger partial charge is 0.389 e. The molecule has 0 aliphatic carbocycles. The van der Waals surface area contributed by atoms with E-state index in [1.807, 2.05) is 36.1 Å². The first kappa shape index (κ1) is 15.0. The average Bonchev–Trinajstić information content (AvgIpc) is 2.76. The number of halogens is 1. The summed E-state index contributed by atoms with van der Waals surface area (Å²) in [6, 6.07) is 5.86. The second kappa shape index (κ2) is 6.37. The number of aryl methyl sites for hydroxylation is 2. The van der Waals surface area contributed by atoms with Crippen LogP contribution in [0, 0.1) is 0 Å². The van der Waals surface area contributed by atoms with Gasteiger partial charge in [0.2, 0.25) is 0 Å². The Balaban J connectivity index is 2.23. The predicted molar refractivity (Wildman–Crippen MR) is 89.9 cm³/mol. The minimum Gasteiger partial charge on any atom is -0.389 e. The second-order valence-corrected chi connectivity index (χ2v) is 5.80. The predicted octanol–water partition coefficient (Wildman–Crippen LogP) is 2.99. The van der Waals surface area contributed by atoms with Gasteiger partial charge >= 0.3 is 0 Å². The highest BCUT2D eigenvalue weighted by Gasteiger charge is 2.11.